The lowest BCUT2D eigenvalue weighted by atomic mass is 10.1. The minimum atomic E-state index is 0. The summed E-state index contributed by atoms with van der Waals surface area (Å²) in [5.74, 6) is 0.589. The predicted octanol–water partition coefficient (Wildman–Crippen LogP) is 2.39. The lowest BCUT2D eigenvalue weighted by molar-refractivity contribution is -0.127. The summed E-state index contributed by atoms with van der Waals surface area (Å²) >= 11 is 1.47. The minimum absolute atomic E-state index is 0. The van der Waals surface area contributed by atoms with Crippen molar-refractivity contribution in [1.29, 1.82) is 0 Å². The van der Waals surface area contributed by atoms with Crippen LogP contribution in [0.3, 0.4) is 0 Å². The van der Waals surface area contributed by atoms with Crippen molar-refractivity contribution in [3.05, 3.63) is 29.8 Å². The van der Waals surface area contributed by atoms with Gasteiger partial charge in [-0.15, -0.1) is 24.2 Å². The molecule has 25 heavy (non-hydrogen) atoms. The summed E-state index contributed by atoms with van der Waals surface area (Å²) in [6.45, 7) is 3.11. The van der Waals surface area contributed by atoms with E-state index in [-0.39, 0.29) is 30.3 Å². The van der Waals surface area contributed by atoms with Crippen molar-refractivity contribution in [1.82, 2.24) is 9.80 Å². The van der Waals surface area contributed by atoms with Crippen LogP contribution in [0.15, 0.2) is 29.2 Å². The average molecular weight is 384 g/mol. The van der Waals surface area contributed by atoms with E-state index in [9.17, 15) is 9.59 Å². The van der Waals surface area contributed by atoms with Gasteiger partial charge in [0.05, 0.1) is 11.3 Å². The van der Waals surface area contributed by atoms with Gasteiger partial charge in [0.15, 0.2) is 0 Å². The van der Waals surface area contributed by atoms with Gasteiger partial charge in [0.1, 0.15) is 0 Å². The molecular formula is C18H26ClN3O2S. The Morgan fingerprint density at radius 3 is 2.48 bits per heavy atom. The molecule has 0 spiro atoms. The Balaban J connectivity index is 0.00000225. The topological polar surface area (TPSA) is 66.6 Å². The van der Waals surface area contributed by atoms with Gasteiger partial charge in [-0.25, -0.2) is 0 Å². The smallest absolute Gasteiger partial charge is 0.255 e. The molecule has 1 aromatic carbocycles. The summed E-state index contributed by atoms with van der Waals surface area (Å²) in [4.78, 5) is 29.7. The van der Waals surface area contributed by atoms with E-state index in [2.05, 4.69) is 0 Å². The molecule has 2 aliphatic heterocycles. The Kier molecular flexibility index (Phi) is 7.59. The van der Waals surface area contributed by atoms with Crippen LogP contribution >= 0.6 is 24.2 Å². The third-order valence-corrected chi connectivity index (χ3v) is 5.73. The summed E-state index contributed by atoms with van der Waals surface area (Å²) in [5, 5.41) is 0. The molecule has 2 aliphatic rings. The molecule has 5 nitrogen and oxygen atoms in total. The number of piperidine rings is 1. The van der Waals surface area contributed by atoms with Crippen LogP contribution in [0.1, 0.15) is 36.0 Å². The highest BCUT2D eigenvalue weighted by Crippen LogP contribution is 2.25. The molecule has 2 amide bonds. The third-order valence-electron chi connectivity index (χ3n) is 4.67. The van der Waals surface area contributed by atoms with E-state index in [1.807, 2.05) is 34.1 Å². The fourth-order valence-electron chi connectivity index (χ4n) is 3.33. The second kappa shape index (κ2) is 9.46. The lowest BCUT2D eigenvalue weighted by Crippen LogP contribution is -2.45. The van der Waals surface area contributed by atoms with Gasteiger partial charge in [0.25, 0.3) is 5.91 Å². The predicted molar refractivity (Wildman–Crippen MR) is 103 cm³/mol. The summed E-state index contributed by atoms with van der Waals surface area (Å²) in [6.07, 6.45) is 4.13. The Hall–Kier alpha value is -1.24. The van der Waals surface area contributed by atoms with Crippen molar-refractivity contribution in [3.8, 4) is 0 Å². The first kappa shape index (κ1) is 20.1. The molecule has 2 heterocycles. The number of likely N-dealkylation sites (tertiary alicyclic amines) is 2. The van der Waals surface area contributed by atoms with Crippen LogP contribution in [0.25, 0.3) is 0 Å². The van der Waals surface area contributed by atoms with Gasteiger partial charge in [-0.2, -0.15) is 0 Å². The Morgan fingerprint density at radius 1 is 1.08 bits per heavy atom. The number of hydrogen-bond donors (Lipinski definition) is 1. The van der Waals surface area contributed by atoms with Crippen LogP contribution in [0.2, 0.25) is 0 Å². The number of hydrogen-bond acceptors (Lipinski definition) is 4. The van der Waals surface area contributed by atoms with Gasteiger partial charge in [-0.3, -0.25) is 9.59 Å². The highest BCUT2D eigenvalue weighted by molar-refractivity contribution is 8.00. The maximum atomic E-state index is 12.8. The number of amides is 2. The Bertz CT molecular complexity index is 608. The highest BCUT2D eigenvalue weighted by atomic mass is 35.5. The zero-order chi connectivity index (χ0) is 16.9. The first-order valence-electron chi connectivity index (χ1n) is 8.69. The maximum Gasteiger partial charge on any atom is 0.255 e. The van der Waals surface area contributed by atoms with Crippen LogP contribution in [0, 0.1) is 0 Å². The number of carbonyl (C=O) groups is 2. The zero-order valence-corrected chi connectivity index (χ0v) is 16.0. The van der Waals surface area contributed by atoms with Crippen LogP contribution in [0.5, 0.6) is 0 Å². The second-order valence-electron chi connectivity index (χ2n) is 6.53. The van der Waals surface area contributed by atoms with E-state index in [1.165, 1.54) is 11.8 Å². The van der Waals surface area contributed by atoms with Crippen LogP contribution < -0.4 is 5.73 Å². The van der Waals surface area contributed by atoms with Gasteiger partial charge < -0.3 is 15.5 Å². The zero-order valence-electron chi connectivity index (χ0n) is 14.4. The SMILES string of the molecule is Cl.NC1CCCN(C(=O)c2ccccc2SCC(=O)N2CCCC2)C1. The number of nitrogens with two attached hydrogens (primary N) is 1. The van der Waals surface area contributed by atoms with Gasteiger partial charge in [-0.05, 0) is 37.8 Å². The van der Waals surface area contributed by atoms with Gasteiger partial charge >= 0.3 is 0 Å². The first-order valence-corrected chi connectivity index (χ1v) is 9.68. The molecule has 0 aromatic heterocycles. The van der Waals surface area contributed by atoms with Crippen LogP contribution in [-0.4, -0.2) is 59.6 Å². The standard InChI is InChI=1S/C18H25N3O2S.ClH/c19-14-6-5-11-21(12-14)18(23)15-7-1-2-8-16(15)24-13-17(22)20-9-3-4-10-20;/h1-2,7-8,14H,3-6,9-13,19H2;1H. The summed E-state index contributed by atoms with van der Waals surface area (Å²) in [5.41, 5.74) is 6.68. The van der Waals surface area contributed by atoms with Gasteiger partial charge in [0.2, 0.25) is 5.91 Å². The summed E-state index contributed by atoms with van der Waals surface area (Å²) in [6, 6.07) is 7.65. The maximum absolute atomic E-state index is 12.8. The first-order chi connectivity index (χ1) is 11.6. The Labute approximate surface area is 159 Å². The highest BCUT2D eigenvalue weighted by Gasteiger charge is 2.24. The molecule has 2 N–H and O–H groups in total. The molecule has 0 radical (unpaired) electrons. The van der Waals surface area contributed by atoms with Crippen molar-refractivity contribution in [2.24, 2.45) is 5.73 Å². The molecule has 0 aliphatic carbocycles. The van der Waals surface area contributed by atoms with Gasteiger partial charge in [-0.1, -0.05) is 12.1 Å². The number of carbonyl (C=O) groups excluding carboxylic acids is 2. The van der Waals surface area contributed by atoms with E-state index >= 15 is 0 Å². The Morgan fingerprint density at radius 2 is 1.76 bits per heavy atom. The van der Waals surface area contributed by atoms with Crippen molar-refractivity contribution < 1.29 is 9.59 Å². The minimum Gasteiger partial charge on any atom is -0.342 e. The molecule has 3 rings (SSSR count). The number of benzene rings is 1. The van der Waals surface area contributed by atoms with Crippen molar-refractivity contribution in [2.45, 2.75) is 36.6 Å². The van der Waals surface area contributed by atoms with Crippen molar-refractivity contribution in [2.75, 3.05) is 31.9 Å². The van der Waals surface area contributed by atoms with E-state index in [0.717, 1.165) is 50.2 Å². The number of halogens is 1. The number of thioether (sulfide) groups is 1. The van der Waals surface area contributed by atoms with Crippen LogP contribution in [-0.2, 0) is 4.79 Å². The molecule has 2 fully saturated rings. The quantitative estimate of drug-likeness (QED) is 0.810. The fraction of sp³-hybridized carbons (Fsp3) is 0.556. The van der Waals surface area contributed by atoms with Crippen LogP contribution in [0.4, 0.5) is 0 Å². The van der Waals surface area contributed by atoms with E-state index < -0.39 is 0 Å². The molecule has 1 aromatic rings. The molecular weight excluding hydrogens is 358 g/mol. The second-order valence-corrected chi connectivity index (χ2v) is 7.54. The molecule has 0 bridgehead atoms. The molecule has 2 saturated heterocycles. The molecule has 138 valence electrons. The lowest BCUT2D eigenvalue weighted by Gasteiger charge is -2.31. The largest absolute Gasteiger partial charge is 0.342 e. The molecule has 0 saturated carbocycles. The summed E-state index contributed by atoms with van der Waals surface area (Å²) in [7, 11) is 0. The van der Waals surface area contributed by atoms with Crippen molar-refractivity contribution in [3.63, 3.8) is 0 Å². The molecule has 1 atom stereocenters. The summed E-state index contributed by atoms with van der Waals surface area (Å²) < 4.78 is 0. The van der Waals surface area contributed by atoms with E-state index in [0.29, 0.717) is 17.9 Å². The number of rotatable bonds is 4. The van der Waals surface area contributed by atoms with E-state index in [1.54, 1.807) is 0 Å². The van der Waals surface area contributed by atoms with Crippen molar-refractivity contribution >= 4 is 36.0 Å². The molecule has 1 unspecified atom stereocenters. The molecule has 7 heteroatoms. The van der Waals surface area contributed by atoms with E-state index in [4.69, 9.17) is 5.73 Å². The average Bonchev–Trinajstić information content (AvgIpc) is 3.14. The fourth-order valence-corrected chi connectivity index (χ4v) is 4.28. The van der Waals surface area contributed by atoms with Gasteiger partial charge in [0, 0.05) is 37.1 Å². The monoisotopic (exact) mass is 383 g/mol. The number of nitrogens with zero attached hydrogens (tertiary/aromatic N) is 2. The third kappa shape index (κ3) is 5.12. The normalized spacial score (nSPS) is 20.3.